The van der Waals surface area contributed by atoms with Crippen LogP contribution < -0.4 is 10.1 Å². The van der Waals surface area contributed by atoms with Crippen LogP contribution in [0.2, 0.25) is 0 Å². The fourth-order valence-corrected chi connectivity index (χ4v) is 1.84. The molecule has 5 heteroatoms. The Morgan fingerprint density at radius 2 is 2.10 bits per heavy atom. The molecule has 114 valence electrons. The van der Waals surface area contributed by atoms with Crippen LogP contribution in [-0.4, -0.2) is 38.1 Å². The molecular weight excluding hydrogens is 261 g/mol. The largest absolute Gasteiger partial charge is 0.491 e. The summed E-state index contributed by atoms with van der Waals surface area (Å²) in [5, 5.41) is 11.9. The lowest BCUT2D eigenvalue weighted by atomic mass is 10.1. The molecule has 1 rings (SSSR count). The third-order valence-corrected chi connectivity index (χ3v) is 2.86. The first-order valence-electron chi connectivity index (χ1n) is 7.03. The van der Waals surface area contributed by atoms with E-state index >= 15 is 0 Å². The number of benzene rings is 1. The molecule has 1 unspecified atom stereocenters. The minimum Gasteiger partial charge on any atom is -0.491 e. The first kappa shape index (κ1) is 16.9. The number of ether oxygens (including phenoxy) is 2. The van der Waals surface area contributed by atoms with Gasteiger partial charge in [0, 0.05) is 17.7 Å². The van der Waals surface area contributed by atoms with Gasteiger partial charge in [0.15, 0.2) is 0 Å². The second-order valence-corrected chi connectivity index (χ2v) is 4.54. The average molecular weight is 285 g/mol. The average Bonchev–Trinajstić information content (AvgIpc) is 2.44. The molecule has 0 fully saturated rings. The summed E-state index contributed by atoms with van der Waals surface area (Å²) in [5.41, 5.74) is 0.932. The van der Waals surface area contributed by atoms with Crippen LogP contribution in [0.25, 0.3) is 0 Å². The molecule has 0 saturated heterocycles. The Labute approximate surface area is 119 Å². The van der Waals surface area contributed by atoms with Gasteiger partial charge < -0.3 is 19.9 Å². The minimum absolute atomic E-state index is 0.0107. The summed E-state index contributed by atoms with van der Waals surface area (Å²) in [6.07, 6.45) is 1.04. The predicted molar refractivity (Wildman–Crippen MR) is 76.5 cm³/mol. The molecule has 0 aliphatic rings. The topological polar surface area (TPSA) is 50.7 Å². The summed E-state index contributed by atoms with van der Waals surface area (Å²) in [4.78, 5) is 0. The summed E-state index contributed by atoms with van der Waals surface area (Å²) in [6.45, 7) is 6.00. The molecule has 2 N–H and O–H groups in total. The number of aliphatic hydroxyl groups is 1. The highest BCUT2D eigenvalue weighted by Crippen LogP contribution is 2.26. The van der Waals surface area contributed by atoms with Crippen LogP contribution in [0.5, 0.6) is 5.75 Å². The highest BCUT2D eigenvalue weighted by atomic mass is 19.1. The Morgan fingerprint density at radius 3 is 2.80 bits per heavy atom. The van der Waals surface area contributed by atoms with E-state index in [1.54, 1.807) is 6.07 Å². The van der Waals surface area contributed by atoms with Crippen LogP contribution in [0, 0.1) is 5.82 Å². The number of hydrogen-bond acceptors (Lipinski definition) is 4. The molecule has 0 radical (unpaired) electrons. The zero-order valence-corrected chi connectivity index (χ0v) is 12.2. The van der Waals surface area contributed by atoms with Crippen LogP contribution in [-0.2, 0) is 4.74 Å². The Balaban J connectivity index is 2.60. The van der Waals surface area contributed by atoms with E-state index in [1.807, 2.05) is 6.92 Å². The molecule has 20 heavy (non-hydrogen) atoms. The van der Waals surface area contributed by atoms with Crippen molar-refractivity contribution in [3.05, 3.63) is 29.6 Å². The second kappa shape index (κ2) is 9.69. The SMILES string of the molecule is CCCNC(C)c1ccc(F)cc1OCCOCCO. The van der Waals surface area contributed by atoms with Gasteiger partial charge in [-0.2, -0.15) is 0 Å². The van der Waals surface area contributed by atoms with E-state index in [4.69, 9.17) is 14.6 Å². The normalized spacial score (nSPS) is 12.4. The van der Waals surface area contributed by atoms with Crippen molar-refractivity contribution < 1.29 is 19.0 Å². The van der Waals surface area contributed by atoms with Crippen molar-refractivity contribution in [1.82, 2.24) is 5.32 Å². The molecule has 0 aromatic heterocycles. The highest BCUT2D eigenvalue weighted by Gasteiger charge is 2.12. The lowest BCUT2D eigenvalue weighted by Crippen LogP contribution is -2.20. The lowest BCUT2D eigenvalue weighted by molar-refractivity contribution is 0.0701. The minimum atomic E-state index is -0.317. The molecule has 0 aliphatic carbocycles. The van der Waals surface area contributed by atoms with Crippen LogP contribution >= 0.6 is 0 Å². The third-order valence-electron chi connectivity index (χ3n) is 2.86. The van der Waals surface area contributed by atoms with Gasteiger partial charge in [0.2, 0.25) is 0 Å². The summed E-state index contributed by atoms with van der Waals surface area (Å²) < 4.78 is 24.0. The Bertz CT molecular complexity index is 387. The van der Waals surface area contributed by atoms with E-state index in [1.165, 1.54) is 12.1 Å². The molecule has 1 aromatic rings. The van der Waals surface area contributed by atoms with E-state index in [2.05, 4.69) is 12.2 Å². The first-order chi connectivity index (χ1) is 9.69. The van der Waals surface area contributed by atoms with Gasteiger partial charge >= 0.3 is 0 Å². The first-order valence-corrected chi connectivity index (χ1v) is 7.03. The number of hydrogen-bond donors (Lipinski definition) is 2. The molecule has 4 nitrogen and oxygen atoms in total. The Hall–Kier alpha value is -1.17. The fourth-order valence-electron chi connectivity index (χ4n) is 1.84. The number of halogens is 1. The van der Waals surface area contributed by atoms with E-state index in [9.17, 15) is 4.39 Å². The molecule has 0 bridgehead atoms. The van der Waals surface area contributed by atoms with Crippen molar-refractivity contribution in [1.29, 1.82) is 0 Å². The molecule has 0 heterocycles. The molecule has 0 aliphatic heterocycles. The number of aliphatic hydroxyl groups excluding tert-OH is 1. The molecule has 0 spiro atoms. The summed E-state index contributed by atoms with van der Waals surface area (Å²) >= 11 is 0. The van der Waals surface area contributed by atoms with E-state index < -0.39 is 0 Å². The Morgan fingerprint density at radius 1 is 1.30 bits per heavy atom. The summed E-state index contributed by atoms with van der Waals surface area (Å²) in [5.74, 6) is 0.219. The van der Waals surface area contributed by atoms with Gasteiger partial charge in [0.05, 0.1) is 19.8 Å². The molecule has 0 amide bonds. The van der Waals surface area contributed by atoms with Gasteiger partial charge in [-0.05, 0) is 26.0 Å². The van der Waals surface area contributed by atoms with Gasteiger partial charge in [-0.15, -0.1) is 0 Å². The molecule has 1 atom stereocenters. The van der Waals surface area contributed by atoms with E-state index in [0.717, 1.165) is 18.5 Å². The van der Waals surface area contributed by atoms with Crippen molar-refractivity contribution >= 4 is 0 Å². The Kier molecular flexibility index (Phi) is 8.18. The zero-order valence-electron chi connectivity index (χ0n) is 12.2. The maximum Gasteiger partial charge on any atom is 0.127 e. The molecular formula is C15H24FNO3. The maximum absolute atomic E-state index is 13.3. The van der Waals surface area contributed by atoms with E-state index in [-0.39, 0.29) is 25.1 Å². The van der Waals surface area contributed by atoms with Gasteiger partial charge in [-0.25, -0.2) is 4.39 Å². The number of nitrogens with one attached hydrogen (secondary N) is 1. The third kappa shape index (κ3) is 5.86. The summed E-state index contributed by atoms with van der Waals surface area (Å²) in [6, 6.07) is 4.68. The lowest BCUT2D eigenvalue weighted by Gasteiger charge is -2.18. The molecule has 1 aromatic carbocycles. The van der Waals surface area contributed by atoms with Gasteiger partial charge in [-0.3, -0.25) is 0 Å². The van der Waals surface area contributed by atoms with Gasteiger partial charge in [-0.1, -0.05) is 13.0 Å². The van der Waals surface area contributed by atoms with E-state index in [0.29, 0.717) is 19.0 Å². The van der Waals surface area contributed by atoms with Crippen molar-refractivity contribution in [3.63, 3.8) is 0 Å². The van der Waals surface area contributed by atoms with Crippen LogP contribution in [0.15, 0.2) is 18.2 Å². The highest BCUT2D eigenvalue weighted by molar-refractivity contribution is 5.36. The predicted octanol–water partition coefficient (Wildman–Crippen LogP) is 2.27. The van der Waals surface area contributed by atoms with Gasteiger partial charge in [0.25, 0.3) is 0 Å². The van der Waals surface area contributed by atoms with Crippen molar-refractivity contribution in [2.24, 2.45) is 0 Å². The summed E-state index contributed by atoms with van der Waals surface area (Å²) in [7, 11) is 0. The fraction of sp³-hybridized carbons (Fsp3) is 0.600. The van der Waals surface area contributed by atoms with Crippen LogP contribution in [0.3, 0.4) is 0 Å². The van der Waals surface area contributed by atoms with Crippen LogP contribution in [0.1, 0.15) is 31.9 Å². The standard InChI is InChI=1S/C15H24FNO3/c1-3-6-17-12(2)14-5-4-13(16)11-15(14)20-10-9-19-8-7-18/h4-5,11-12,17-18H,3,6-10H2,1-2H3. The van der Waals surface area contributed by atoms with Crippen molar-refractivity contribution in [2.45, 2.75) is 26.3 Å². The quantitative estimate of drug-likeness (QED) is 0.648. The number of rotatable bonds is 10. The van der Waals surface area contributed by atoms with Crippen LogP contribution in [0.4, 0.5) is 4.39 Å². The zero-order chi connectivity index (χ0) is 14.8. The van der Waals surface area contributed by atoms with Crippen molar-refractivity contribution in [2.75, 3.05) is 33.0 Å². The monoisotopic (exact) mass is 285 g/mol. The smallest absolute Gasteiger partial charge is 0.127 e. The second-order valence-electron chi connectivity index (χ2n) is 4.54. The molecule has 0 saturated carbocycles. The van der Waals surface area contributed by atoms with Gasteiger partial charge in [0.1, 0.15) is 18.2 Å². The maximum atomic E-state index is 13.3. The van der Waals surface area contributed by atoms with Crippen molar-refractivity contribution in [3.8, 4) is 5.75 Å².